The lowest BCUT2D eigenvalue weighted by Gasteiger charge is -2.28. The highest BCUT2D eigenvalue weighted by Crippen LogP contribution is 2.12. The molecule has 112 valence electrons. The molecule has 0 radical (unpaired) electrons. The Morgan fingerprint density at radius 2 is 2.10 bits per heavy atom. The first-order valence-electron chi connectivity index (χ1n) is 7.95. The topological polar surface area (TPSA) is 24.5 Å². The van der Waals surface area contributed by atoms with Gasteiger partial charge in [-0.2, -0.15) is 0 Å². The molecule has 2 unspecified atom stereocenters. The first-order valence-corrected chi connectivity index (χ1v) is 7.95. The summed E-state index contributed by atoms with van der Waals surface area (Å²) in [6.45, 7) is 8.87. The van der Waals surface area contributed by atoms with Crippen molar-refractivity contribution in [2.24, 2.45) is 0 Å². The molecule has 1 aromatic rings. The van der Waals surface area contributed by atoms with Crippen LogP contribution in [0.2, 0.25) is 0 Å². The van der Waals surface area contributed by atoms with Crippen LogP contribution >= 0.6 is 0 Å². The average Bonchev–Trinajstić information content (AvgIpc) is 2.66. The summed E-state index contributed by atoms with van der Waals surface area (Å²) < 4.78 is 5.77. The molecule has 1 saturated heterocycles. The van der Waals surface area contributed by atoms with Crippen LogP contribution in [0.3, 0.4) is 0 Å². The minimum atomic E-state index is 0.648. The van der Waals surface area contributed by atoms with Crippen LogP contribution in [0.1, 0.15) is 33.1 Å². The fourth-order valence-electron chi connectivity index (χ4n) is 2.77. The summed E-state index contributed by atoms with van der Waals surface area (Å²) in [5.41, 5.74) is 0. The Balaban J connectivity index is 1.71. The van der Waals surface area contributed by atoms with Crippen LogP contribution in [-0.2, 0) is 0 Å². The van der Waals surface area contributed by atoms with Gasteiger partial charge in [-0.3, -0.25) is 4.90 Å². The molecule has 1 aliphatic heterocycles. The second-order valence-electron chi connectivity index (χ2n) is 5.71. The number of hydrogen-bond donors (Lipinski definition) is 1. The molecule has 0 amide bonds. The third kappa shape index (κ3) is 4.80. The minimum absolute atomic E-state index is 0.648. The normalized spacial score (nSPS) is 24.3. The summed E-state index contributed by atoms with van der Waals surface area (Å²) in [6.07, 6.45) is 3.55. The molecule has 2 rings (SSSR count). The molecule has 0 saturated carbocycles. The maximum atomic E-state index is 5.77. The van der Waals surface area contributed by atoms with Crippen LogP contribution in [0.15, 0.2) is 30.3 Å². The second kappa shape index (κ2) is 8.28. The van der Waals surface area contributed by atoms with Crippen molar-refractivity contribution < 1.29 is 4.74 Å². The van der Waals surface area contributed by atoms with E-state index in [2.05, 4.69) is 24.1 Å². The molecule has 0 aromatic heterocycles. The highest BCUT2D eigenvalue weighted by Gasteiger charge is 2.21. The van der Waals surface area contributed by atoms with E-state index < -0.39 is 0 Å². The Bertz CT molecular complexity index is 369. The predicted molar refractivity (Wildman–Crippen MR) is 84.3 cm³/mol. The molecule has 3 nitrogen and oxygen atoms in total. The Kier molecular flexibility index (Phi) is 6.34. The van der Waals surface area contributed by atoms with E-state index >= 15 is 0 Å². The van der Waals surface area contributed by atoms with E-state index in [1.807, 2.05) is 30.3 Å². The summed E-state index contributed by atoms with van der Waals surface area (Å²) in [7, 11) is 0. The summed E-state index contributed by atoms with van der Waals surface area (Å²) in [5, 5.41) is 3.64. The van der Waals surface area contributed by atoms with Crippen molar-refractivity contribution in [3.63, 3.8) is 0 Å². The van der Waals surface area contributed by atoms with Crippen molar-refractivity contribution in [2.45, 2.75) is 45.2 Å². The molecule has 1 heterocycles. The Labute approximate surface area is 123 Å². The Hall–Kier alpha value is -1.06. The monoisotopic (exact) mass is 276 g/mol. The van der Waals surface area contributed by atoms with E-state index in [0.717, 1.165) is 31.9 Å². The van der Waals surface area contributed by atoms with Crippen LogP contribution in [-0.4, -0.2) is 43.2 Å². The van der Waals surface area contributed by atoms with Gasteiger partial charge >= 0.3 is 0 Å². The van der Waals surface area contributed by atoms with Crippen LogP contribution < -0.4 is 10.1 Å². The van der Waals surface area contributed by atoms with Gasteiger partial charge in [0.25, 0.3) is 0 Å². The first-order chi connectivity index (χ1) is 9.79. The van der Waals surface area contributed by atoms with E-state index in [1.54, 1.807) is 0 Å². The summed E-state index contributed by atoms with van der Waals surface area (Å²) in [4.78, 5) is 2.61. The van der Waals surface area contributed by atoms with Crippen LogP contribution in [0, 0.1) is 0 Å². The lowest BCUT2D eigenvalue weighted by Crippen LogP contribution is -2.40. The number of nitrogens with zero attached hydrogens (tertiary/aromatic N) is 1. The van der Waals surface area contributed by atoms with Gasteiger partial charge in [-0.05, 0) is 44.9 Å². The number of ether oxygens (including phenoxy) is 1. The summed E-state index contributed by atoms with van der Waals surface area (Å²) >= 11 is 0. The lowest BCUT2D eigenvalue weighted by atomic mass is 10.2. The molecule has 3 heteroatoms. The highest BCUT2D eigenvalue weighted by atomic mass is 16.5. The van der Waals surface area contributed by atoms with Crippen LogP contribution in [0.4, 0.5) is 0 Å². The standard InChI is InChI=1S/C17H28N2O/c1-3-16-14-19(15(2)10-11-18-16)12-7-13-20-17-8-5-4-6-9-17/h4-6,8-9,15-16,18H,3,7,10-14H2,1-2H3. The summed E-state index contributed by atoms with van der Waals surface area (Å²) in [5.74, 6) is 0.976. The molecular weight excluding hydrogens is 248 g/mol. The third-order valence-corrected chi connectivity index (χ3v) is 4.17. The first kappa shape index (κ1) is 15.3. The zero-order valence-electron chi connectivity index (χ0n) is 12.8. The zero-order chi connectivity index (χ0) is 14.2. The quantitative estimate of drug-likeness (QED) is 0.809. The van der Waals surface area contributed by atoms with E-state index in [4.69, 9.17) is 4.74 Å². The Morgan fingerprint density at radius 1 is 1.30 bits per heavy atom. The second-order valence-corrected chi connectivity index (χ2v) is 5.71. The minimum Gasteiger partial charge on any atom is -0.494 e. The number of nitrogens with one attached hydrogen (secondary N) is 1. The van der Waals surface area contributed by atoms with Crippen molar-refractivity contribution in [3.05, 3.63) is 30.3 Å². The van der Waals surface area contributed by atoms with Crippen LogP contribution in [0.5, 0.6) is 5.75 Å². The van der Waals surface area contributed by atoms with E-state index in [0.29, 0.717) is 12.1 Å². The molecule has 1 aliphatic rings. The van der Waals surface area contributed by atoms with E-state index in [-0.39, 0.29) is 0 Å². The van der Waals surface area contributed by atoms with Gasteiger partial charge in [0.2, 0.25) is 0 Å². The predicted octanol–water partition coefficient (Wildman–Crippen LogP) is 2.92. The molecule has 0 aliphatic carbocycles. The number of rotatable bonds is 6. The number of benzene rings is 1. The molecule has 0 bridgehead atoms. The molecule has 2 atom stereocenters. The van der Waals surface area contributed by atoms with Gasteiger partial charge in [-0.1, -0.05) is 25.1 Å². The largest absolute Gasteiger partial charge is 0.494 e. The smallest absolute Gasteiger partial charge is 0.119 e. The van der Waals surface area contributed by atoms with Gasteiger partial charge in [0, 0.05) is 25.2 Å². The molecule has 0 spiro atoms. The zero-order valence-corrected chi connectivity index (χ0v) is 12.8. The van der Waals surface area contributed by atoms with E-state index in [9.17, 15) is 0 Å². The summed E-state index contributed by atoms with van der Waals surface area (Å²) in [6, 6.07) is 11.4. The third-order valence-electron chi connectivity index (χ3n) is 4.17. The lowest BCUT2D eigenvalue weighted by molar-refractivity contribution is 0.184. The maximum absolute atomic E-state index is 5.77. The van der Waals surface area contributed by atoms with Gasteiger partial charge in [0.1, 0.15) is 5.75 Å². The van der Waals surface area contributed by atoms with Gasteiger partial charge in [-0.25, -0.2) is 0 Å². The molecule has 20 heavy (non-hydrogen) atoms. The fraction of sp³-hybridized carbons (Fsp3) is 0.647. The fourth-order valence-corrected chi connectivity index (χ4v) is 2.77. The van der Waals surface area contributed by atoms with Crippen molar-refractivity contribution in [1.82, 2.24) is 10.2 Å². The highest BCUT2D eigenvalue weighted by molar-refractivity contribution is 5.20. The van der Waals surface area contributed by atoms with Gasteiger partial charge in [0.05, 0.1) is 6.61 Å². The van der Waals surface area contributed by atoms with Crippen molar-refractivity contribution in [3.8, 4) is 5.75 Å². The van der Waals surface area contributed by atoms with E-state index in [1.165, 1.54) is 19.4 Å². The molecular formula is C17H28N2O. The molecule has 1 aromatic carbocycles. The maximum Gasteiger partial charge on any atom is 0.119 e. The van der Waals surface area contributed by atoms with Crippen molar-refractivity contribution >= 4 is 0 Å². The van der Waals surface area contributed by atoms with Gasteiger partial charge in [-0.15, -0.1) is 0 Å². The SMILES string of the molecule is CCC1CN(CCCOc2ccccc2)C(C)CCN1. The molecule has 1 N–H and O–H groups in total. The van der Waals surface area contributed by atoms with Crippen molar-refractivity contribution in [1.29, 1.82) is 0 Å². The van der Waals surface area contributed by atoms with Crippen molar-refractivity contribution in [2.75, 3.05) is 26.2 Å². The number of para-hydroxylation sites is 1. The number of hydrogen-bond acceptors (Lipinski definition) is 3. The van der Waals surface area contributed by atoms with Gasteiger partial charge < -0.3 is 10.1 Å². The molecule has 1 fully saturated rings. The van der Waals surface area contributed by atoms with Crippen LogP contribution in [0.25, 0.3) is 0 Å². The van der Waals surface area contributed by atoms with Gasteiger partial charge in [0.15, 0.2) is 0 Å². The average molecular weight is 276 g/mol. The Morgan fingerprint density at radius 3 is 2.85 bits per heavy atom.